The molecule has 2 aromatic carbocycles. The number of aromatic nitrogens is 1. The van der Waals surface area contributed by atoms with Crippen LogP contribution in [-0.2, 0) is 22.4 Å². The number of Topliss-reactive ketones (excluding diaryl/α,β-unsaturated/α-hetero) is 2. The van der Waals surface area contributed by atoms with E-state index in [0.717, 1.165) is 0 Å². The molecule has 1 aromatic heterocycles. The number of hydrogen-bond acceptors (Lipinski definition) is 4. The highest BCUT2D eigenvalue weighted by Gasteiger charge is 2.25. The van der Waals surface area contributed by atoms with Gasteiger partial charge in [0.25, 0.3) is 5.56 Å². The molecule has 0 unspecified atom stereocenters. The molecule has 0 fully saturated rings. The number of rotatable bonds is 8. The van der Waals surface area contributed by atoms with Crippen molar-refractivity contribution in [1.82, 2.24) is 4.98 Å². The molecule has 0 bridgehead atoms. The second kappa shape index (κ2) is 9.25. The molecule has 0 aliphatic heterocycles. The van der Waals surface area contributed by atoms with Crippen molar-refractivity contribution in [2.24, 2.45) is 0 Å². The Morgan fingerprint density at radius 3 is 2.23 bits per heavy atom. The van der Waals surface area contributed by atoms with Crippen molar-refractivity contribution in [3.05, 3.63) is 105 Å². The molecule has 1 heterocycles. The Balaban J connectivity index is 2.11. The molecule has 158 valence electrons. The zero-order valence-corrected chi connectivity index (χ0v) is 16.2. The summed E-state index contributed by atoms with van der Waals surface area (Å²) in [5.74, 6) is -5.09. The average Bonchev–Trinajstić information content (AvgIpc) is 2.73. The number of ketones is 2. The number of aliphatic carboxylic acids is 1. The van der Waals surface area contributed by atoms with Gasteiger partial charge in [0, 0.05) is 12.6 Å². The summed E-state index contributed by atoms with van der Waals surface area (Å²) < 4.78 is 27.5. The molecule has 3 aromatic rings. The molecule has 2 N–H and O–H groups in total. The van der Waals surface area contributed by atoms with Crippen molar-refractivity contribution in [3.8, 4) is 0 Å². The number of H-pyrrole nitrogens is 1. The van der Waals surface area contributed by atoms with Crippen LogP contribution >= 0.6 is 0 Å². The Bertz CT molecular complexity index is 1220. The topological polar surface area (TPSA) is 104 Å². The molecule has 0 saturated carbocycles. The van der Waals surface area contributed by atoms with E-state index in [-0.39, 0.29) is 24.0 Å². The lowest BCUT2D eigenvalue weighted by molar-refractivity contribution is -0.148. The van der Waals surface area contributed by atoms with Gasteiger partial charge in [0.15, 0.2) is 5.78 Å². The highest BCUT2D eigenvalue weighted by Crippen LogP contribution is 2.22. The fraction of sp³-hybridized carbons (Fsp3) is 0.130. The molecule has 6 nitrogen and oxygen atoms in total. The summed E-state index contributed by atoms with van der Waals surface area (Å²) in [7, 11) is 0. The second-order valence-corrected chi connectivity index (χ2v) is 6.90. The van der Waals surface area contributed by atoms with E-state index in [1.165, 1.54) is 48.7 Å². The Kier molecular flexibility index (Phi) is 6.49. The third-order valence-electron chi connectivity index (χ3n) is 4.77. The molecule has 0 spiro atoms. The Hall–Kier alpha value is -3.94. The minimum atomic E-state index is -1.79. The molecule has 0 aliphatic rings. The van der Waals surface area contributed by atoms with Gasteiger partial charge in [-0.1, -0.05) is 30.3 Å². The molecular formula is C23H17F2NO5. The van der Waals surface area contributed by atoms with E-state index < -0.39 is 46.7 Å². The summed E-state index contributed by atoms with van der Waals surface area (Å²) >= 11 is 0. The minimum Gasteiger partial charge on any atom is -0.475 e. The third-order valence-corrected chi connectivity index (χ3v) is 4.77. The first kappa shape index (κ1) is 21.8. The monoisotopic (exact) mass is 425 g/mol. The van der Waals surface area contributed by atoms with Gasteiger partial charge in [-0.15, -0.1) is 0 Å². The first-order valence-electron chi connectivity index (χ1n) is 9.27. The minimum absolute atomic E-state index is 0.130. The quantitative estimate of drug-likeness (QED) is 0.328. The lowest BCUT2D eigenvalue weighted by Crippen LogP contribution is -2.26. The maximum atomic E-state index is 14.3. The number of carbonyl (C=O) groups is 3. The molecule has 0 amide bonds. The Morgan fingerprint density at radius 2 is 1.58 bits per heavy atom. The summed E-state index contributed by atoms with van der Waals surface area (Å²) in [4.78, 5) is 50.0. The van der Waals surface area contributed by atoms with E-state index in [1.54, 1.807) is 6.07 Å². The van der Waals surface area contributed by atoms with Crippen molar-refractivity contribution >= 4 is 17.5 Å². The van der Waals surface area contributed by atoms with Gasteiger partial charge in [0.05, 0.1) is 12.0 Å². The van der Waals surface area contributed by atoms with Crippen LogP contribution in [-0.4, -0.2) is 27.6 Å². The first-order chi connectivity index (χ1) is 14.8. The van der Waals surface area contributed by atoms with Crippen molar-refractivity contribution in [2.45, 2.75) is 19.3 Å². The predicted octanol–water partition coefficient (Wildman–Crippen LogP) is 3.06. The van der Waals surface area contributed by atoms with E-state index in [1.807, 2.05) is 0 Å². The number of pyridine rings is 1. The van der Waals surface area contributed by atoms with Crippen molar-refractivity contribution in [1.29, 1.82) is 0 Å². The van der Waals surface area contributed by atoms with E-state index in [0.29, 0.717) is 11.1 Å². The SMILES string of the molecule is O=C(O)C(=O)CC(=O)c1c(Cc2ccccc2F)c(Cc2ccc(F)cc2)c[nH]c1=O. The van der Waals surface area contributed by atoms with E-state index >= 15 is 0 Å². The molecule has 8 heteroatoms. The Labute approximate surface area is 175 Å². The van der Waals surface area contributed by atoms with Gasteiger partial charge >= 0.3 is 5.97 Å². The number of carbonyl (C=O) groups excluding carboxylic acids is 2. The molecular weight excluding hydrogens is 408 g/mol. The number of halogens is 2. The molecule has 0 aliphatic carbocycles. The summed E-state index contributed by atoms with van der Waals surface area (Å²) in [6, 6.07) is 11.4. The lowest BCUT2D eigenvalue weighted by Gasteiger charge is -2.14. The number of hydrogen-bond donors (Lipinski definition) is 2. The van der Waals surface area contributed by atoms with Gasteiger partial charge in [-0.2, -0.15) is 0 Å². The van der Waals surface area contributed by atoms with E-state index in [9.17, 15) is 28.0 Å². The van der Waals surface area contributed by atoms with Crippen molar-refractivity contribution < 1.29 is 28.3 Å². The number of carboxylic acid groups (broad SMARTS) is 1. The summed E-state index contributed by atoms with van der Waals surface area (Å²) in [6.07, 6.45) is 0.434. The normalized spacial score (nSPS) is 10.6. The standard InChI is InChI=1S/C23H17F2NO5/c24-16-7-5-13(6-8-16)9-15-12-26-22(29)21(19(27)11-20(28)23(30)31)17(15)10-14-3-1-2-4-18(14)25/h1-8,12H,9-11H2,(H,26,29)(H,30,31). The van der Waals surface area contributed by atoms with Crippen LogP contribution in [0.3, 0.4) is 0 Å². The van der Waals surface area contributed by atoms with Gasteiger partial charge in [-0.3, -0.25) is 14.4 Å². The van der Waals surface area contributed by atoms with Gasteiger partial charge in [-0.25, -0.2) is 13.6 Å². The second-order valence-electron chi connectivity index (χ2n) is 6.90. The van der Waals surface area contributed by atoms with Gasteiger partial charge in [0.2, 0.25) is 5.78 Å². The van der Waals surface area contributed by atoms with E-state index in [2.05, 4.69) is 4.98 Å². The van der Waals surface area contributed by atoms with Crippen molar-refractivity contribution in [2.75, 3.05) is 0 Å². The predicted molar refractivity (Wildman–Crippen MR) is 107 cm³/mol. The van der Waals surface area contributed by atoms with Crippen molar-refractivity contribution in [3.63, 3.8) is 0 Å². The summed E-state index contributed by atoms with van der Waals surface area (Å²) in [5, 5.41) is 8.79. The van der Waals surface area contributed by atoms with Crippen LogP contribution in [0.25, 0.3) is 0 Å². The van der Waals surface area contributed by atoms with Gasteiger partial charge < -0.3 is 10.1 Å². The van der Waals surface area contributed by atoms with Gasteiger partial charge in [0.1, 0.15) is 11.6 Å². The fourth-order valence-electron chi connectivity index (χ4n) is 3.23. The van der Waals surface area contributed by atoms with Crippen LogP contribution in [0.15, 0.2) is 59.5 Å². The molecule has 31 heavy (non-hydrogen) atoms. The molecule has 0 saturated heterocycles. The first-order valence-corrected chi connectivity index (χ1v) is 9.27. The summed E-state index contributed by atoms with van der Waals surface area (Å²) in [5.41, 5.74) is 0.326. The zero-order valence-electron chi connectivity index (χ0n) is 16.2. The Morgan fingerprint density at radius 1 is 0.903 bits per heavy atom. The maximum Gasteiger partial charge on any atom is 0.372 e. The molecule has 3 rings (SSSR count). The highest BCUT2D eigenvalue weighted by molar-refractivity contribution is 6.37. The van der Waals surface area contributed by atoms with Crippen LogP contribution < -0.4 is 5.56 Å². The largest absolute Gasteiger partial charge is 0.475 e. The number of nitrogens with one attached hydrogen (secondary N) is 1. The summed E-state index contributed by atoms with van der Waals surface area (Å²) in [6.45, 7) is 0. The van der Waals surface area contributed by atoms with Crippen LogP contribution in [0.4, 0.5) is 8.78 Å². The van der Waals surface area contributed by atoms with Crippen LogP contribution in [0, 0.1) is 11.6 Å². The third kappa shape index (κ3) is 5.16. The number of carboxylic acids is 1. The smallest absolute Gasteiger partial charge is 0.372 e. The van der Waals surface area contributed by atoms with Crippen LogP contribution in [0.1, 0.15) is 39.0 Å². The zero-order chi connectivity index (χ0) is 22.5. The average molecular weight is 425 g/mol. The van der Waals surface area contributed by atoms with Crippen LogP contribution in [0.5, 0.6) is 0 Å². The number of aromatic amines is 1. The highest BCUT2D eigenvalue weighted by atomic mass is 19.1. The molecule has 0 radical (unpaired) electrons. The number of benzene rings is 2. The molecule has 0 atom stereocenters. The fourth-order valence-corrected chi connectivity index (χ4v) is 3.23. The van der Waals surface area contributed by atoms with Crippen LogP contribution in [0.2, 0.25) is 0 Å². The maximum absolute atomic E-state index is 14.3. The van der Waals surface area contributed by atoms with E-state index in [4.69, 9.17) is 5.11 Å². The lowest BCUT2D eigenvalue weighted by atomic mass is 9.90. The van der Waals surface area contributed by atoms with Gasteiger partial charge in [-0.05, 0) is 46.9 Å².